The van der Waals surface area contributed by atoms with E-state index in [0.29, 0.717) is 43.1 Å². The molecular formula is C29H25FN2O4. The number of ether oxygens (including phenoxy) is 1. The Morgan fingerprint density at radius 3 is 2.47 bits per heavy atom. The molecule has 1 aliphatic heterocycles. The van der Waals surface area contributed by atoms with Crippen LogP contribution in [-0.2, 0) is 29.1 Å². The molecule has 0 radical (unpaired) electrons. The zero-order chi connectivity index (χ0) is 24.9. The molecule has 7 heteroatoms. The smallest absolute Gasteiger partial charge is 0.254 e. The molecule has 0 fully saturated rings. The molecule has 2 heterocycles. The van der Waals surface area contributed by atoms with Crippen molar-refractivity contribution in [3.63, 3.8) is 0 Å². The molecule has 5 rings (SSSR count). The van der Waals surface area contributed by atoms with Crippen LogP contribution in [0.5, 0.6) is 0 Å². The standard InChI is InChI=1S/C29H25FN2O4/c30-24-10-6-22(7-11-24)29(34)32-15-14-26-23(17-32)16-27(36-26)21-8-12-25(13-9-21)31-28(33)19-35-18-20-4-2-1-3-5-20/h1-13,16H,14-15,17-19H2,(H,31,33). The molecule has 3 aromatic carbocycles. The largest absolute Gasteiger partial charge is 0.461 e. The van der Waals surface area contributed by atoms with Gasteiger partial charge in [0.25, 0.3) is 5.91 Å². The molecule has 182 valence electrons. The zero-order valence-corrected chi connectivity index (χ0v) is 19.6. The summed E-state index contributed by atoms with van der Waals surface area (Å²) in [6.07, 6.45) is 0.611. The summed E-state index contributed by atoms with van der Waals surface area (Å²) in [6.45, 7) is 1.32. The van der Waals surface area contributed by atoms with Crippen LogP contribution in [-0.4, -0.2) is 29.9 Å². The van der Waals surface area contributed by atoms with Gasteiger partial charge in [-0.05, 0) is 60.2 Å². The average Bonchev–Trinajstić information content (AvgIpc) is 3.33. The predicted octanol–water partition coefficient (Wildman–Crippen LogP) is 5.44. The Hall–Kier alpha value is -4.23. The highest BCUT2D eigenvalue weighted by Gasteiger charge is 2.25. The molecule has 36 heavy (non-hydrogen) atoms. The number of amides is 2. The van der Waals surface area contributed by atoms with Crippen LogP contribution in [0.2, 0.25) is 0 Å². The van der Waals surface area contributed by atoms with E-state index < -0.39 is 0 Å². The first-order chi connectivity index (χ1) is 17.5. The fourth-order valence-corrected chi connectivity index (χ4v) is 4.17. The van der Waals surface area contributed by atoms with Crippen molar-refractivity contribution in [3.8, 4) is 11.3 Å². The monoisotopic (exact) mass is 484 g/mol. The van der Waals surface area contributed by atoms with Gasteiger partial charge in [0, 0.05) is 41.9 Å². The number of furan rings is 1. The first-order valence-corrected chi connectivity index (χ1v) is 11.7. The molecule has 0 atom stereocenters. The lowest BCUT2D eigenvalue weighted by molar-refractivity contribution is -0.121. The van der Waals surface area contributed by atoms with Gasteiger partial charge < -0.3 is 19.4 Å². The Bertz CT molecular complexity index is 1350. The molecule has 0 unspecified atom stereocenters. The third-order valence-corrected chi connectivity index (χ3v) is 6.04. The van der Waals surface area contributed by atoms with Crippen molar-refractivity contribution in [2.45, 2.75) is 19.6 Å². The summed E-state index contributed by atoms with van der Waals surface area (Å²) < 4.78 is 24.7. The summed E-state index contributed by atoms with van der Waals surface area (Å²) in [5.74, 6) is 0.851. The van der Waals surface area contributed by atoms with Crippen LogP contribution in [0.1, 0.15) is 27.2 Å². The topological polar surface area (TPSA) is 71.8 Å². The number of carbonyl (C=O) groups excluding carboxylic acids is 2. The Labute approximate surface area is 208 Å². The number of nitrogens with zero attached hydrogens (tertiary/aromatic N) is 1. The van der Waals surface area contributed by atoms with E-state index in [1.807, 2.05) is 60.7 Å². The van der Waals surface area contributed by atoms with Crippen molar-refractivity contribution in [2.24, 2.45) is 0 Å². The van der Waals surface area contributed by atoms with E-state index >= 15 is 0 Å². The van der Waals surface area contributed by atoms with Crippen molar-refractivity contribution < 1.29 is 23.1 Å². The number of rotatable bonds is 7. The Kier molecular flexibility index (Phi) is 6.91. The minimum absolute atomic E-state index is 0.0330. The normalized spacial score (nSPS) is 12.8. The summed E-state index contributed by atoms with van der Waals surface area (Å²) in [4.78, 5) is 26.7. The molecule has 0 spiro atoms. The summed E-state index contributed by atoms with van der Waals surface area (Å²) in [5, 5.41) is 2.83. The van der Waals surface area contributed by atoms with E-state index in [1.165, 1.54) is 24.3 Å². The zero-order valence-electron chi connectivity index (χ0n) is 19.6. The van der Waals surface area contributed by atoms with Crippen molar-refractivity contribution in [1.82, 2.24) is 4.90 Å². The molecule has 6 nitrogen and oxygen atoms in total. The number of benzene rings is 3. The van der Waals surface area contributed by atoms with Crippen LogP contribution in [0, 0.1) is 5.82 Å². The number of carbonyl (C=O) groups is 2. The van der Waals surface area contributed by atoms with Crippen LogP contribution >= 0.6 is 0 Å². The second kappa shape index (κ2) is 10.6. The number of hydrogen-bond donors (Lipinski definition) is 1. The van der Waals surface area contributed by atoms with Gasteiger partial charge in [-0.1, -0.05) is 30.3 Å². The van der Waals surface area contributed by atoms with E-state index in [9.17, 15) is 14.0 Å². The van der Waals surface area contributed by atoms with Crippen molar-refractivity contribution in [1.29, 1.82) is 0 Å². The number of hydrogen-bond acceptors (Lipinski definition) is 4. The fourth-order valence-electron chi connectivity index (χ4n) is 4.17. The van der Waals surface area contributed by atoms with Gasteiger partial charge in [0.05, 0.1) is 6.61 Å². The van der Waals surface area contributed by atoms with Crippen LogP contribution in [0.25, 0.3) is 11.3 Å². The fraction of sp³-hybridized carbons (Fsp3) is 0.172. The Morgan fingerprint density at radius 1 is 0.972 bits per heavy atom. The Morgan fingerprint density at radius 2 is 1.72 bits per heavy atom. The molecule has 1 aromatic heterocycles. The maximum atomic E-state index is 13.2. The minimum atomic E-state index is -0.367. The molecule has 1 N–H and O–H groups in total. The third-order valence-electron chi connectivity index (χ3n) is 6.04. The summed E-state index contributed by atoms with van der Waals surface area (Å²) in [6, 6.07) is 24.6. The van der Waals surface area contributed by atoms with Crippen LogP contribution in [0.4, 0.5) is 10.1 Å². The SMILES string of the molecule is O=C(COCc1ccccc1)Nc1ccc(-c2cc3c(o2)CCN(C(=O)c2ccc(F)cc2)C3)cc1. The van der Waals surface area contributed by atoms with E-state index in [0.717, 1.165) is 22.5 Å². The van der Waals surface area contributed by atoms with E-state index in [-0.39, 0.29) is 24.2 Å². The van der Waals surface area contributed by atoms with Crippen molar-refractivity contribution in [3.05, 3.63) is 113 Å². The highest BCUT2D eigenvalue weighted by Crippen LogP contribution is 2.30. The number of nitrogens with one attached hydrogen (secondary N) is 1. The van der Waals surface area contributed by atoms with Gasteiger partial charge in [-0.15, -0.1) is 0 Å². The first-order valence-electron chi connectivity index (χ1n) is 11.7. The summed E-state index contributed by atoms with van der Waals surface area (Å²) in [5.41, 5.74) is 3.98. The van der Waals surface area contributed by atoms with E-state index in [2.05, 4.69) is 5.32 Å². The lowest BCUT2D eigenvalue weighted by Gasteiger charge is -2.26. The van der Waals surface area contributed by atoms with E-state index in [1.54, 1.807) is 4.90 Å². The highest BCUT2D eigenvalue weighted by atomic mass is 19.1. The van der Waals surface area contributed by atoms with Gasteiger partial charge in [0.15, 0.2) is 0 Å². The number of anilines is 1. The average molecular weight is 485 g/mol. The molecular weight excluding hydrogens is 459 g/mol. The lowest BCUT2D eigenvalue weighted by Crippen LogP contribution is -2.35. The van der Waals surface area contributed by atoms with Crippen LogP contribution < -0.4 is 5.32 Å². The van der Waals surface area contributed by atoms with Gasteiger partial charge in [-0.3, -0.25) is 9.59 Å². The van der Waals surface area contributed by atoms with E-state index in [4.69, 9.17) is 9.15 Å². The second-order valence-electron chi connectivity index (χ2n) is 8.65. The molecule has 2 amide bonds. The van der Waals surface area contributed by atoms with Crippen LogP contribution in [0.15, 0.2) is 89.3 Å². The predicted molar refractivity (Wildman–Crippen MR) is 134 cm³/mol. The quantitative estimate of drug-likeness (QED) is 0.379. The first kappa shape index (κ1) is 23.5. The minimum Gasteiger partial charge on any atom is -0.461 e. The highest BCUT2D eigenvalue weighted by molar-refractivity contribution is 5.94. The van der Waals surface area contributed by atoms with Gasteiger partial charge >= 0.3 is 0 Å². The molecule has 1 aliphatic rings. The number of fused-ring (bicyclic) bond motifs is 1. The molecule has 4 aromatic rings. The second-order valence-corrected chi connectivity index (χ2v) is 8.65. The van der Waals surface area contributed by atoms with Crippen molar-refractivity contribution >= 4 is 17.5 Å². The summed E-state index contributed by atoms with van der Waals surface area (Å²) >= 11 is 0. The lowest BCUT2D eigenvalue weighted by atomic mass is 10.1. The van der Waals surface area contributed by atoms with Gasteiger partial charge in [0.2, 0.25) is 5.91 Å². The summed E-state index contributed by atoms with van der Waals surface area (Å²) in [7, 11) is 0. The third kappa shape index (κ3) is 5.53. The van der Waals surface area contributed by atoms with Gasteiger partial charge in [-0.25, -0.2) is 4.39 Å². The van der Waals surface area contributed by atoms with Gasteiger partial charge in [-0.2, -0.15) is 0 Å². The maximum absolute atomic E-state index is 13.2. The number of halogens is 1. The molecule has 0 saturated heterocycles. The van der Waals surface area contributed by atoms with Gasteiger partial charge in [0.1, 0.15) is 23.9 Å². The maximum Gasteiger partial charge on any atom is 0.254 e. The molecule has 0 aliphatic carbocycles. The Balaban J connectivity index is 1.17. The van der Waals surface area contributed by atoms with Crippen molar-refractivity contribution in [2.75, 3.05) is 18.5 Å². The molecule has 0 saturated carbocycles. The van der Waals surface area contributed by atoms with Crippen LogP contribution in [0.3, 0.4) is 0 Å². The molecule has 0 bridgehead atoms.